The van der Waals surface area contributed by atoms with E-state index in [9.17, 15) is 0 Å². The maximum absolute atomic E-state index is 5.68. The summed E-state index contributed by atoms with van der Waals surface area (Å²) < 4.78 is 27.0. The van der Waals surface area contributed by atoms with Gasteiger partial charge in [0, 0.05) is 17.2 Å². The molecule has 0 spiro atoms. The van der Waals surface area contributed by atoms with E-state index in [1.54, 1.807) is 46.9 Å². The summed E-state index contributed by atoms with van der Waals surface area (Å²) >= 11 is 1.50. The van der Waals surface area contributed by atoms with Crippen LogP contribution in [0.3, 0.4) is 0 Å². The lowest BCUT2D eigenvalue weighted by molar-refractivity contribution is 0.391. The molecule has 0 aliphatic heterocycles. The molecule has 12 heteroatoms. The first-order chi connectivity index (χ1) is 18.0. The Bertz CT molecular complexity index is 1310. The van der Waals surface area contributed by atoms with Crippen molar-refractivity contribution in [2.75, 3.05) is 33.2 Å². The van der Waals surface area contributed by atoms with E-state index >= 15 is 0 Å². The van der Waals surface area contributed by atoms with Gasteiger partial charge in [0.05, 0.1) is 46.5 Å². The van der Waals surface area contributed by atoms with Crippen LogP contribution in [0.5, 0.6) is 23.3 Å². The van der Waals surface area contributed by atoms with Crippen LogP contribution in [0.4, 0.5) is 5.95 Å². The number of nitrogens with zero attached hydrogens (tertiary/aromatic N) is 6. The fraction of sp³-hybridized carbons (Fsp3) is 0.320. The van der Waals surface area contributed by atoms with Crippen molar-refractivity contribution in [3.63, 3.8) is 0 Å². The molecule has 0 bridgehead atoms. The second-order valence-corrected chi connectivity index (χ2v) is 9.14. The minimum absolute atomic E-state index is 0.0904. The van der Waals surface area contributed by atoms with Crippen LogP contribution in [-0.2, 0) is 0 Å². The maximum atomic E-state index is 5.68. The number of anilines is 1. The lowest BCUT2D eigenvalue weighted by Gasteiger charge is -2.20. The molecule has 0 radical (unpaired) electrons. The van der Waals surface area contributed by atoms with Crippen LogP contribution in [0, 0.1) is 0 Å². The second kappa shape index (κ2) is 11.8. The minimum atomic E-state index is 0.0904. The number of pyridine rings is 1. The predicted molar refractivity (Wildman–Crippen MR) is 142 cm³/mol. The molecule has 3 heterocycles. The molecule has 0 aliphatic rings. The Morgan fingerprint density at radius 1 is 0.811 bits per heavy atom. The number of para-hydroxylation sites is 1. The van der Waals surface area contributed by atoms with Crippen LogP contribution in [-0.4, -0.2) is 63.4 Å². The number of benzene rings is 1. The minimum Gasteiger partial charge on any atom is -0.494 e. The van der Waals surface area contributed by atoms with Crippen LogP contribution in [0.2, 0.25) is 0 Å². The molecular formula is C25H29N7O4S. The van der Waals surface area contributed by atoms with Gasteiger partial charge in [0.2, 0.25) is 17.7 Å². The highest BCUT2D eigenvalue weighted by molar-refractivity contribution is 8.01. The summed E-state index contributed by atoms with van der Waals surface area (Å²) in [6.07, 6.45) is 3.35. The third-order valence-corrected chi connectivity index (χ3v) is 6.89. The van der Waals surface area contributed by atoms with Gasteiger partial charge < -0.3 is 18.9 Å². The van der Waals surface area contributed by atoms with Gasteiger partial charge in [-0.3, -0.25) is 14.3 Å². The van der Waals surface area contributed by atoms with E-state index in [4.69, 9.17) is 18.9 Å². The number of aromatic nitrogens is 6. The van der Waals surface area contributed by atoms with Crippen LogP contribution < -0.4 is 23.7 Å². The van der Waals surface area contributed by atoms with E-state index in [-0.39, 0.29) is 11.2 Å². The average molecular weight is 524 g/mol. The number of methoxy groups -OCH3 is 4. The van der Waals surface area contributed by atoms with Gasteiger partial charge in [0.1, 0.15) is 22.9 Å². The molecule has 4 aromatic rings. The molecule has 3 aromatic heterocycles. The van der Waals surface area contributed by atoms with E-state index in [0.29, 0.717) is 46.4 Å². The summed E-state index contributed by atoms with van der Waals surface area (Å²) in [5.74, 6) is 3.18. The van der Waals surface area contributed by atoms with E-state index in [0.717, 1.165) is 5.69 Å². The molecule has 0 saturated carbocycles. The molecule has 194 valence electrons. The number of ether oxygens (including phenoxy) is 4. The normalized spacial score (nSPS) is 12.5. The van der Waals surface area contributed by atoms with Crippen molar-refractivity contribution in [3.05, 3.63) is 54.5 Å². The smallest absolute Gasteiger partial charge is 0.239 e. The summed E-state index contributed by atoms with van der Waals surface area (Å²) in [6, 6.07) is 11.0. The van der Waals surface area contributed by atoms with Crippen molar-refractivity contribution in [2.24, 2.45) is 0 Å². The van der Waals surface area contributed by atoms with Crippen molar-refractivity contribution < 1.29 is 18.9 Å². The lowest BCUT2D eigenvalue weighted by Crippen LogP contribution is -2.14. The summed E-state index contributed by atoms with van der Waals surface area (Å²) in [4.78, 5) is 13.3. The van der Waals surface area contributed by atoms with Crippen molar-refractivity contribution in [1.29, 1.82) is 0 Å². The van der Waals surface area contributed by atoms with Gasteiger partial charge >= 0.3 is 0 Å². The zero-order valence-electron chi connectivity index (χ0n) is 21.5. The van der Waals surface area contributed by atoms with Gasteiger partial charge in [-0.15, -0.1) is 10.2 Å². The number of hydrogen-bond acceptors (Lipinski definition) is 11. The van der Waals surface area contributed by atoms with E-state index < -0.39 is 0 Å². The topological polar surface area (TPSA) is 118 Å². The molecule has 11 nitrogen and oxygen atoms in total. The van der Waals surface area contributed by atoms with Crippen molar-refractivity contribution in [1.82, 2.24) is 29.7 Å². The van der Waals surface area contributed by atoms with E-state index in [1.165, 1.54) is 11.9 Å². The van der Waals surface area contributed by atoms with E-state index in [1.807, 2.05) is 34.9 Å². The maximum Gasteiger partial charge on any atom is 0.239 e. The third kappa shape index (κ3) is 5.53. The number of rotatable bonds is 11. The Balaban J connectivity index is 1.71. The van der Waals surface area contributed by atoms with Crippen molar-refractivity contribution in [2.45, 2.75) is 25.0 Å². The molecule has 2 atom stereocenters. The number of hydrogen-bond donors (Lipinski definition) is 1. The number of nitrogens with one attached hydrogen (secondary N) is 1. The quantitative estimate of drug-likeness (QED) is 0.282. The average Bonchev–Trinajstić information content (AvgIpc) is 3.38. The van der Waals surface area contributed by atoms with Gasteiger partial charge in [-0.25, -0.2) is 9.97 Å². The molecule has 1 N–H and O–H groups in total. The van der Waals surface area contributed by atoms with Crippen molar-refractivity contribution in [3.8, 4) is 40.5 Å². The molecule has 1 aromatic carbocycles. The summed E-state index contributed by atoms with van der Waals surface area (Å²) in [5.41, 5.74) is 2.08. The second-order valence-electron chi connectivity index (χ2n) is 7.96. The van der Waals surface area contributed by atoms with E-state index in [2.05, 4.69) is 43.7 Å². The molecule has 0 amide bonds. The highest BCUT2D eigenvalue weighted by Crippen LogP contribution is 2.38. The summed E-state index contributed by atoms with van der Waals surface area (Å²) in [6.45, 7) is 4.19. The van der Waals surface area contributed by atoms with Gasteiger partial charge in [-0.1, -0.05) is 26.0 Å². The highest BCUT2D eigenvalue weighted by Gasteiger charge is 2.25. The Labute approximate surface area is 219 Å². The molecule has 0 unspecified atom stereocenters. The summed E-state index contributed by atoms with van der Waals surface area (Å²) in [5, 5.41) is 9.01. The Morgan fingerprint density at radius 2 is 1.51 bits per heavy atom. The predicted octanol–water partition coefficient (Wildman–Crippen LogP) is 4.41. The third-order valence-electron chi connectivity index (χ3n) is 5.81. The zero-order valence-corrected chi connectivity index (χ0v) is 22.3. The first kappa shape index (κ1) is 26.0. The molecule has 0 fully saturated rings. The Hall–Kier alpha value is -4.06. The van der Waals surface area contributed by atoms with Crippen LogP contribution in [0.25, 0.3) is 17.2 Å². The molecular weight excluding hydrogens is 494 g/mol. The molecule has 0 aliphatic carbocycles. The van der Waals surface area contributed by atoms with Gasteiger partial charge in [-0.2, -0.15) is 0 Å². The van der Waals surface area contributed by atoms with Crippen LogP contribution >= 0.6 is 11.9 Å². The summed E-state index contributed by atoms with van der Waals surface area (Å²) in [7, 11) is 6.35. The fourth-order valence-electron chi connectivity index (χ4n) is 3.59. The SMILES string of the molecule is COc1cnc([C@H](C)[C@@H](C)SNc2nnc(-c3cccc(OC)n3)n2-c2c(OC)cccc2OC)cn1. The molecule has 37 heavy (non-hydrogen) atoms. The first-order valence-electron chi connectivity index (χ1n) is 11.5. The van der Waals surface area contributed by atoms with Crippen LogP contribution in [0.1, 0.15) is 25.5 Å². The Kier molecular flexibility index (Phi) is 8.29. The van der Waals surface area contributed by atoms with Gasteiger partial charge in [-0.05, 0) is 30.1 Å². The molecule has 4 rings (SSSR count). The fourth-order valence-corrected chi connectivity index (χ4v) is 4.36. The van der Waals surface area contributed by atoms with Crippen molar-refractivity contribution >= 4 is 17.9 Å². The standard InChI is InChI=1S/C25H29N7O4S/c1-15(18-13-27-22(36-6)14-26-18)16(2)37-31-25-30-29-24(17-9-7-12-21(28-17)35-5)32(25)23-19(33-3)10-8-11-20(23)34-4/h7-16H,1-6H3,(H,30,31)/t15-,16-/m1/s1. The highest BCUT2D eigenvalue weighted by atomic mass is 32.2. The molecule has 0 saturated heterocycles. The Morgan fingerprint density at radius 3 is 2.14 bits per heavy atom. The van der Waals surface area contributed by atoms with Gasteiger partial charge in [0.25, 0.3) is 0 Å². The van der Waals surface area contributed by atoms with Gasteiger partial charge in [0.15, 0.2) is 5.82 Å². The first-order valence-corrected chi connectivity index (χ1v) is 12.3. The monoisotopic (exact) mass is 523 g/mol. The lowest BCUT2D eigenvalue weighted by atomic mass is 10.1. The zero-order chi connectivity index (χ0) is 26.4. The largest absolute Gasteiger partial charge is 0.494 e. The van der Waals surface area contributed by atoms with Crippen LogP contribution in [0.15, 0.2) is 48.8 Å².